The van der Waals surface area contributed by atoms with Gasteiger partial charge in [-0.05, 0) is 56.3 Å². The number of carbonyl (C=O) groups excluding carboxylic acids is 4. The van der Waals surface area contributed by atoms with Crippen LogP contribution in [-0.2, 0) is 38.1 Å². The van der Waals surface area contributed by atoms with Crippen LogP contribution in [0.1, 0.15) is 183 Å². The summed E-state index contributed by atoms with van der Waals surface area (Å²) in [6.45, 7) is 16.4. The molecule has 0 heterocycles. The zero-order valence-corrected chi connectivity index (χ0v) is 34.0. The molecule has 8 heteroatoms. The smallest absolute Gasteiger partial charge is 0.309 e. The van der Waals surface area contributed by atoms with Crippen LogP contribution in [0.4, 0.5) is 0 Å². The van der Waals surface area contributed by atoms with E-state index in [4.69, 9.17) is 18.9 Å². The van der Waals surface area contributed by atoms with Crippen LogP contribution in [0.15, 0.2) is 0 Å². The van der Waals surface area contributed by atoms with E-state index in [1.54, 1.807) is 0 Å². The van der Waals surface area contributed by atoms with Gasteiger partial charge in [0.05, 0.1) is 50.1 Å². The molecule has 1 saturated carbocycles. The zero-order valence-electron chi connectivity index (χ0n) is 34.0. The third kappa shape index (κ3) is 22.5. The van der Waals surface area contributed by atoms with Gasteiger partial charge in [-0.3, -0.25) is 19.2 Å². The lowest BCUT2D eigenvalue weighted by atomic mass is 9.68. The molecule has 0 radical (unpaired) electrons. The summed E-state index contributed by atoms with van der Waals surface area (Å²) >= 11 is 0. The van der Waals surface area contributed by atoms with Gasteiger partial charge in [-0.1, -0.05) is 145 Å². The van der Waals surface area contributed by atoms with Crippen molar-refractivity contribution >= 4 is 23.9 Å². The van der Waals surface area contributed by atoms with Gasteiger partial charge >= 0.3 is 23.9 Å². The van der Waals surface area contributed by atoms with Crippen LogP contribution in [0, 0.1) is 41.4 Å². The minimum Gasteiger partial charge on any atom is -0.465 e. The number of unbranched alkanes of at least 4 members (excludes halogenated alkanes) is 12. The molecule has 298 valence electrons. The molecule has 0 aromatic heterocycles. The Kier molecular flexibility index (Phi) is 27.0. The molecule has 0 N–H and O–H groups in total. The van der Waals surface area contributed by atoms with Gasteiger partial charge in [0.15, 0.2) is 0 Å². The van der Waals surface area contributed by atoms with Crippen molar-refractivity contribution in [1.82, 2.24) is 0 Å². The van der Waals surface area contributed by atoms with Crippen LogP contribution in [0.25, 0.3) is 0 Å². The van der Waals surface area contributed by atoms with Gasteiger partial charge in [0, 0.05) is 0 Å². The molecule has 0 amide bonds. The maximum Gasteiger partial charge on any atom is 0.309 e. The Morgan fingerprint density at radius 1 is 0.392 bits per heavy atom. The van der Waals surface area contributed by atoms with Crippen molar-refractivity contribution < 1.29 is 38.1 Å². The third-order valence-corrected chi connectivity index (χ3v) is 10.2. The average molecular weight is 723 g/mol. The van der Waals surface area contributed by atoms with Crippen molar-refractivity contribution in [2.24, 2.45) is 41.4 Å². The van der Waals surface area contributed by atoms with Gasteiger partial charge in [-0.2, -0.15) is 0 Å². The number of rotatable bonds is 30. The fraction of sp³-hybridized carbons (Fsp3) is 0.907. The highest BCUT2D eigenvalue weighted by Crippen LogP contribution is 2.41. The van der Waals surface area contributed by atoms with Crippen LogP contribution in [0.3, 0.4) is 0 Å². The summed E-state index contributed by atoms with van der Waals surface area (Å²) in [7, 11) is 0. The summed E-state index contributed by atoms with van der Waals surface area (Å²) in [4.78, 5) is 54.4. The molecule has 1 fully saturated rings. The van der Waals surface area contributed by atoms with E-state index in [0.29, 0.717) is 17.8 Å². The fourth-order valence-electron chi connectivity index (χ4n) is 6.92. The van der Waals surface area contributed by atoms with Gasteiger partial charge in [-0.25, -0.2) is 0 Å². The van der Waals surface area contributed by atoms with E-state index in [1.165, 1.54) is 25.7 Å². The highest BCUT2D eigenvalue weighted by Gasteiger charge is 2.51. The molecule has 1 aliphatic carbocycles. The Labute approximate surface area is 312 Å². The molecule has 4 unspecified atom stereocenters. The average Bonchev–Trinajstić information content (AvgIpc) is 3.09. The van der Waals surface area contributed by atoms with Gasteiger partial charge < -0.3 is 18.9 Å². The lowest BCUT2D eigenvalue weighted by Crippen LogP contribution is -2.46. The van der Waals surface area contributed by atoms with Crippen LogP contribution in [0.5, 0.6) is 0 Å². The van der Waals surface area contributed by atoms with Gasteiger partial charge in [-0.15, -0.1) is 0 Å². The topological polar surface area (TPSA) is 105 Å². The summed E-state index contributed by atoms with van der Waals surface area (Å²) in [5.41, 5.74) is 0. The maximum atomic E-state index is 13.6. The predicted molar refractivity (Wildman–Crippen MR) is 205 cm³/mol. The van der Waals surface area contributed by atoms with E-state index >= 15 is 0 Å². The molecule has 0 spiro atoms. The van der Waals surface area contributed by atoms with E-state index in [-0.39, 0.29) is 39.3 Å². The molecule has 0 aromatic rings. The number of hydrogen-bond acceptors (Lipinski definition) is 8. The van der Waals surface area contributed by atoms with E-state index in [2.05, 4.69) is 48.5 Å². The predicted octanol–water partition coefficient (Wildman–Crippen LogP) is 10.8. The summed E-state index contributed by atoms with van der Waals surface area (Å²) in [5.74, 6) is -3.65. The number of hydrogen-bond donors (Lipinski definition) is 0. The van der Waals surface area contributed by atoms with Crippen molar-refractivity contribution in [3.63, 3.8) is 0 Å². The van der Waals surface area contributed by atoms with Gasteiger partial charge in [0.1, 0.15) is 0 Å². The number of carbonyl (C=O) groups is 4. The van der Waals surface area contributed by atoms with Crippen LogP contribution < -0.4 is 0 Å². The Morgan fingerprint density at radius 3 is 0.882 bits per heavy atom. The summed E-state index contributed by atoms with van der Waals surface area (Å²) in [6, 6.07) is 0. The molecule has 51 heavy (non-hydrogen) atoms. The van der Waals surface area contributed by atoms with Crippen molar-refractivity contribution in [1.29, 1.82) is 0 Å². The van der Waals surface area contributed by atoms with Crippen molar-refractivity contribution in [3.8, 4) is 0 Å². The zero-order chi connectivity index (χ0) is 37.9. The van der Waals surface area contributed by atoms with Crippen LogP contribution >= 0.6 is 0 Å². The second-order valence-electron chi connectivity index (χ2n) is 16.4. The minimum atomic E-state index is -0.884. The number of ether oxygens (including phenoxy) is 4. The first-order valence-electron chi connectivity index (χ1n) is 21.1. The second kappa shape index (κ2) is 29.3. The molecule has 1 aliphatic rings. The van der Waals surface area contributed by atoms with E-state index in [0.717, 1.165) is 96.3 Å². The Hall–Kier alpha value is -2.12. The highest BCUT2D eigenvalue weighted by atomic mass is 16.5. The highest BCUT2D eigenvalue weighted by molar-refractivity contribution is 5.87. The summed E-state index contributed by atoms with van der Waals surface area (Å²) in [5, 5.41) is 0. The first kappa shape index (κ1) is 46.9. The molecule has 1 rings (SSSR count). The minimum absolute atomic E-state index is 0.00369. The van der Waals surface area contributed by atoms with Gasteiger partial charge in [0.25, 0.3) is 0 Å². The summed E-state index contributed by atoms with van der Waals surface area (Å²) in [6.07, 6.45) is 19.3. The Morgan fingerprint density at radius 2 is 0.627 bits per heavy atom. The van der Waals surface area contributed by atoms with Crippen molar-refractivity contribution in [2.45, 2.75) is 183 Å². The molecule has 8 nitrogen and oxygen atoms in total. The Balaban J connectivity index is 3.03. The third-order valence-electron chi connectivity index (χ3n) is 10.2. The molecular weight excluding hydrogens is 644 g/mol. The SMILES string of the molecule is CCCCCCCCCOC(=O)C1CC(C(=O)OCCCCCC(C)C)C(C(=O)OCCCCCC(C)C)CC1C(=O)OCCCCCC(C)C. The Bertz CT molecular complexity index is 929. The van der Waals surface area contributed by atoms with E-state index < -0.39 is 47.5 Å². The van der Waals surface area contributed by atoms with Crippen molar-refractivity contribution in [2.75, 3.05) is 26.4 Å². The molecule has 0 bridgehead atoms. The van der Waals surface area contributed by atoms with Gasteiger partial charge in [0.2, 0.25) is 0 Å². The molecule has 0 aromatic carbocycles. The summed E-state index contributed by atoms with van der Waals surface area (Å²) < 4.78 is 22.9. The lowest BCUT2D eigenvalue weighted by Gasteiger charge is -2.37. The normalized spacial score (nSPS) is 19.0. The van der Waals surface area contributed by atoms with Crippen LogP contribution in [0.2, 0.25) is 0 Å². The monoisotopic (exact) mass is 723 g/mol. The standard InChI is InChI=1S/C43H78O8/c1-8-9-10-11-12-13-20-27-48-40(44)36-31-38(42(46)50-29-22-15-18-25-34(4)5)39(43(47)51-30-23-16-19-26-35(6)7)32-37(36)41(45)49-28-21-14-17-24-33(2)3/h33-39H,8-32H2,1-7H3. The molecular formula is C43H78O8. The second-order valence-corrected chi connectivity index (χ2v) is 16.4. The molecule has 4 atom stereocenters. The van der Waals surface area contributed by atoms with Crippen molar-refractivity contribution in [3.05, 3.63) is 0 Å². The molecule has 0 aliphatic heterocycles. The lowest BCUT2D eigenvalue weighted by molar-refractivity contribution is -0.175. The quantitative estimate of drug-likeness (QED) is 0.0410. The first-order chi connectivity index (χ1) is 24.5. The van der Waals surface area contributed by atoms with E-state index in [9.17, 15) is 19.2 Å². The number of esters is 4. The van der Waals surface area contributed by atoms with E-state index in [1.807, 2.05) is 0 Å². The fourth-order valence-corrected chi connectivity index (χ4v) is 6.92. The van der Waals surface area contributed by atoms with Crippen LogP contribution in [-0.4, -0.2) is 50.3 Å². The molecule has 0 saturated heterocycles. The first-order valence-corrected chi connectivity index (χ1v) is 21.1. The largest absolute Gasteiger partial charge is 0.465 e. The maximum absolute atomic E-state index is 13.6.